The lowest BCUT2D eigenvalue weighted by molar-refractivity contribution is 0.103. The maximum Gasteiger partial charge on any atom is 0.142 e. The van der Waals surface area contributed by atoms with E-state index in [1.165, 1.54) is 25.7 Å². The normalized spacial score (nSPS) is 33.6. The van der Waals surface area contributed by atoms with Gasteiger partial charge in [-0.25, -0.2) is 0 Å². The van der Waals surface area contributed by atoms with E-state index in [9.17, 15) is 5.11 Å². The van der Waals surface area contributed by atoms with Crippen LogP contribution in [0.2, 0.25) is 0 Å². The van der Waals surface area contributed by atoms with Crippen molar-refractivity contribution in [3.8, 4) is 0 Å². The first kappa shape index (κ1) is 11.1. The molecular weight excluding hydrogens is 161 g/mol. The fourth-order valence-electron chi connectivity index (χ4n) is 1.95. The predicted molar refractivity (Wildman–Crippen MR) is 58.7 cm³/mol. The van der Waals surface area contributed by atoms with Crippen LogP contribution in [0.15, 0.2) is 0 Å². The van der Waals surface area contributed by atoms with Crippen molar-refractivity contribution in [3.63, 3.8) is 0 Å². The highest BCUT2D eigenvalue weighted by Crippen LogP contribution is 2.18. The van der Waals surface area contributed by atoms with Crippen LogP contribution in [0.4, 0.5) is 0 Å². The second-order valence-corrected chi connectivity index (χ2v) is 4.51. The molecule has 1 saturated heterocycles. The molecule has 0 amide bonds. The van der Waals surface area contributed by atoms with Gasteiger partial charge < -0.3 is 10.4 Å². The molecule has 0 aliphatic carbocycles. The van der Waals surface area contributed by atoms with Crippen molar-refractivity contribution in [2.45, 2.75) is 50.4 Å². The Morgan fingerprint density at radius 3 is 2.38 bits per heavy atom. The first-order valence-corrected chi connectivity index (χ1v) is 5.64. The summed E-state index contributed by atoms with van der Waals surface area (Å²) in [5.74, 6) is 0. The van der Waals surface area contributed by atoms with Gasteiger partial charge in [0, 0.05) is 5.50 Å². The van der Waals surface area contributed by atoms with Crippen molar-refractivity contribution in [1.82, 2.24) is 5.32 Å². The Morgan fingerprint density at radius 2 is 1.54 bits per heavy atom. The molecule has 2 nitrogen and oxygen atoms in total. The van der Waals surface area contributed by atoms with E-state index in [2.05, 4.69) is 5.32 Å². The molecular formula is C10H22BNO. The van der Waals surface area contributed by atoms with Gasteiger partial charge in [-0.1, -0.05) is 19.3 Å². The molecule has 3 heteroatoms. The maximum absolute atomic E-state index is 9.96. The van der Waals surface area contributed by atoms with Crippen molar-refractivity contribution in [2.75, 3.05) is 13.1 Å². The van der Waals surface area contributed by atoms with Crippen LogP contribution in [0.5, 0.6) is 0 Å². The Balaban J connectivity index is 2.27. The molecule has 1 heterocycles. The lowest BCUT2D eigenvalue weighted by Crippen LogP contribution is -2.30. The first-order valence-electron chi connectivity index (χ1n) is 5.64. The van der Waals surface area contributed by atoms with Crippen LogP contribution in [0.3, 0.4) is 0 Å². The van der Waals surface area contributed by atoms with Gasteiger partial charge in [0.25, 0.3) is 0 Å². The van der Waals surface area contributed by atoms with Crippen molar-refractivity contribution >= 4 is 7.85 Å². The minimum atomic E-state index is -0.411. The van der Waals surface area contributed by atoms with Gasteiger partial charge >= 0.3 is 0 Å². The molecule has 76 valence electrons. The smallest absolute Gasteiger partial charge is 0.142 e. The number of hydrogen-bond acceptors (Lipinski definition) is 2. The summed E-state index contributed by atoms with van der Waals surface area (Å²) in [6.45, 7) is 2.22. The van der Waals surface area contributed by atoms with E-state index in [1.54, 1.807) is 0 Å². The van der Waals surface area contributed by atoms with Crippen LogP contribution < -0.4 is 5.32 Å². The molecule has 0 aromatic heterocycles. The zero-order chi connectivity index (χ0) is 9.57. The molecule has 1 rings (SSSR count). The zero-order valence-corrected chi connectivity index (χ0v) is 8.81. The molecule has 0 saturated carbocycles. The van der Waals surface area contributed by atoms with E-state index in [0.29, 0.717) is 0 Å². The van der Waals surface area contributed by atoms with Crippen LogP contribution in [0.25, 0.3) is 0 Å². The SMILES string of the molecule is BC1(O)CCCCCCNCCC1. The summed E-state index contributed by atoms with van der Waals surface area (Å²) in [6, 6.07) is 0. The van der Waals surface area contributed by atoms with E-state index >= 15 is 0 Å². The monoisotopic (exact) mass is 183 g/mol. The third-order valence-corrected chi connectivity index (χ3v) is 2.89. The second-order valence-electron chi connectivity index (χ2n) is 4.51. The average Bonchev–Trinajstić information content (AvgIpc) is 2.10. The molecule has 1 fully saturated rings. The number of nitrogens with one attached hydrogen (secondary N) is 1. The van der Waals surface area contributed by atoms with Gasteiger partial charge in [-0.15, -0.1) is 0 Å². The molecule has 1 aliphatic heterocycles. The summed E-state index contributed by atoms with van der Waals surface area (Å²) >= 11 is 0. The summed E-state index contributed by atoms with van der Waals surface area (Å²) in [6.07, 6.45) is 8.09. The Bertz CT molecular complexity index is 125. The molecule has 0 spiro atoms. The molecule has 13 heavy (non-hydrogen) atoms. The molecule has 1 unspecified atom stereocenters. The summed E-state index contributed by atoms with van der Waals surface area (Å²) < 4.78 is 0. The summed E-state index contributed by atoms with van der Waals surface area (Å²) in [5.41, 5.74) is -0.411. The van der Waals surface area contributed by atoms with E-state index in [-0.39, 0.29) is 0 Å². The second kappa shape index (κ2) is 5.66. The molecule has 0 aromatic rings. The number of aliphatic hydroxyl groups is 1. The Kier molecular flexibility index (Phi) is 4.82. The lowest BCUT2D eigenvalue weighted by atomic mass is 9.74. The Morgan fingerprint density at radius 1 is 0.923 bits per heavy atom. The minimum absolute atomic E-state index is 0.411. The first-order chi connectivity index (χ1) is 6.21. The topological polar surface area (TPSA) is 32.3 Å². The summed E-state index contributed by atoms with van der Waals surface area (Å²) in [4.78, 5) is 0. The number of rotatable bonds is 0. The van der Waals surface area contributed by atoms with Crippen LogP contribution in [-0.4, -0.2) is 31.5 Å². The fraction of sp³-hybridized carbons (Fsp3) is 1.00. The van der Waals surface area contributed by atoms with E-state index in [4.69, 9.17) is 0 Å². The van der Waals surface area contributed by atoms with Gasteiger partial charge in [0.2, 0.25) is 0 Å². The van der Waals surface area contributed by atoms with Crippen molar-refractivity contribution in [3.05, 3.63) is 0 Å². The minimum Gasteiger partial charge on any atom is -0.399 e. The van der Waals surface area contributed by atoms with Crippen molar-refractivity contribution < 1.29 is 5.11 Å². The highest BCUT2D eigenvalue weighted by atomic mass is 16.3. The average molecular weight is 183 g/mol. The van der Waals surface area contributed by atoms with Crippen molar-refractivity contribution in [2.24, 2.45) is 0 Å². The quantitative estimate of drug-likeness (QED) is 0.540. The van der Waals surface area contributed by atoms with Gasteiger partial charge in [-0.05, 0) is 38.8 Å². The fourth-order valence-corrected chi connectivity index (χ4v) is 1.95. The highest BCUT2D eigenvalue weighted by Gasteiger charge is 2.18. The van der Waals surface area contributed by atoms with Crippen LogP contribution in [0.1, 0.15) is 44.9 Å². The van der Waals surface area contributed by atoms with Crippen LogP contribution in [0, 0.1) is 0 Å². The summed E-state index contributed by atoms with van der Waals surface area (Å²) in [7, 11) is 1.98. The lowest BCUT2D eigenvalue weighted by Gasteiger charge is -2.22. The largest absolute Gasteiger partial charge is 0.399 e. The van der Waals surface area contributed by atoms with Crippen LogP contribution >= 0.6 is 0 Å². The Labute approximate surface area is 82.5 Å². The third kappa shape index (κ3) is 5.32. The van der Waals surface area contributed by atoms with E-state index in [0.717, 1.165) is 32.4 Å². The molecule has 1 atom stereocenters. The highest BCUT2D eigenvalue weighted by molar-refractivity contribution is 6.14. The van der Waals surface area contributed by atoms with Gasteiger partial charge in [0.05, 0.1) is 0 Å². The van der Waals surface area contributed by atoms with E-state index in [1.807, 2.05) is 7.85 Å². The molecule has 0 radical (unpaired) electrons. The summed E-state index contributed by atoms with van der Waals surface area (Å²) in [5, 5.41) is 13.4. The van der Waals surface area contributed by atoms with Gasteiger partial charge in [-0.3, -0.25) is 0 Å². The predicted octanol–water partition coefficient (Wildman–Crippen LogP) is 0.642. The van der Waals surface area contributed by atoms with Gasteiger partial charge in [0.15, 0.2) is 0 Å². The standard InChI is InChI=1S/C10H22BNO/c11-10(13)6-3-1-2-4-8-12-9-5-7-10/h12-13H,1-9,11H2. The van der Waals surface area contributed by atoms with Crippen molar-refractivity contribution in [1.29, 1.82) is 0 Å². The van der Waals surface area contributed by atoms with Gasteiger partial charge in [-0.2, -0.15) is 0 Å². The van der Waals surface area contributed by atoms with Crippen LogP contribution in [-0.2, 0) is 0 Å². The maximum atomic E-state index is 9.96. The zero-order valence-electron chi connectivity index (χ0n) is 8.81. The van der Waals surface area contributed by atoms with E-state index < -0.39 is 5.50 Å². The molecule has 2 N–H and O–H groups in total. The Hall–Kier alpha value is -0.0151. The third-order valence-electron chi connectivity index (χ3n) is 2.89. The molecule has 1 aliphatic rings. The molecule has 0 aromatic carbocycles. The molecule has 0 bridgehead atoms. The van der Waals surface area contributed by atoms with Gasteiger partial charge in [0.1, 0.15) is 7.85 Å². The number of hydrogen-bond donors (Lipinski definition) is 2.